The highest BCUT2D eigenvalue weighted by molar-refractivity contribution is 6.26. The zero-order valence-electron chi connectivity index (χ0n) is 22.3. The molecule has 0 spiro atoms. The standard InChI is InChI=1S/C40H24O/c1-2-13-27-24-37-36(23-26(27)12-1)34-21-10-22-35(40(34)41-37)39-32-18-7-5-16-30(32)38(31-17-6-8-19-33(31)39)29-20-9-14-25-11-3-4-15-28(25)29/h1-24H. The van der Waals surface area contributed by atoms with Crippen LogP contribution in [0.5, 0.6) is 0 Å². The molecule has 0 N–H and O–H groups in total. The highest BCUT2D eigenvalue weighted by atomic mass is 16.3. The van der Waals surface area contributed by atoms with Crippen LogP contribution in [0.2, 0.25) is 0 Å². The van der Waals surface area contributed by atoms with Crippen molar-refractivity contribution in [3.05, 3.63) is 146 Å². The molecule has 0 aliphatic heterocycles. The maximum Gasteiger partial charge on any atom is 0.143 e. The van der Waals surface area contributed by atoms with Gasteiger partial charge in [-0.2, -0.15) is 0 Å². The fourth-order valence-electron chi connectivity index (χ4n) is 6.83. The molecular weight excluding hydrogens is 496 g/mol. The van der Waals surface area contributed by atoms with Gasteiger partial charge >= 0.3 is 0 Å². The van der Waals surface area contributed by atoms with E-state index >= 15 is 0 Å². The summed E-state index contributed by atoms with van der Waals surface area (Å²) in [6.45, 7) is 0. The van der Waals surface area contributed by atoms with Gasteiger partial charge in [0, 0.05) is 21.9 Å². The Morgan fingerprint density at radius 3 is 1.46 bits per heavy atom. The van der Waals surface area contributed by atoms with E-state index in [4.69, 9.17) is 4.42 Å². The first-order chi connectivity index (χ1) is 20.3. The van der Waals surface area contributed by atoms with Gasteiger partial charge in [0.05, 0.1) is 0 Å². The number of fused-ring (bicyclic) bond motifs is 7. The van der Waals surface area contributed by atoms with Gasteiger partial charge in [-0.05, 0) is 66.3 Å². The average Bonchev–Trinajstić information content (AvgIpc) is 3.40. The Labute approximate surface area is 236 Å². The minimum Gasteiger partial charge on any atom is -0.455 e. The van der Waals surface area contributed by atoms with E-state index in [1.807, 2.05) is 0 Å². The van der Waals surface area contributed by atoms with Gasteiger partial charge in [-0.1, -0.05) is 133 Å². The van der Waals surface area contributed by atoms with Crippen molar-refractivity contribution in [2.45, 2.75) is 0 Å². The molecule has 1 heteroatoms. The number of rotatable bonds is 2. The largest absolute Gasteiger partial charge is 0.455 e. The van der Waals surface area contributed by atoms with Crippen LogP contribution < -0.4 is 0 Å². The van der Waals surface area contributed by atoms with Crippen LogP contribution in [0.1, 0.15) is 0 Å². The van der Waals surface area contributed by atoms with Crippen molar-refractivity contribution in [2.75, 3.05) is 0 Å². The molecular formula is C40H24O. The summed E-state index contributed by atoms with van der Waals surface area (Å²) in [5.41, 5.74) is 6.74. The number of hydrogen-bond donors (Lipinski definition) is 0. The topological polar surface area (TPSA) is 13.1 Å². The first kappa shape index (κ1) is 22.4. The van der Waals surface area contributed by atoms with Crippen LogP contribution in [0.15, 0.2) is 150 Å². The van der Waals surface area contributed by atoms with Crippen molar-refractivity contribution in [3.63, 3.8) is 0 Å². The van der Waals surface area contributed by atoms with Crippen molar-refractivity contribution in [2.24, 2.45) is 0 Å². The zero-order valence-corrected chi connectivity index (χ0v) is 22.3. The van der Waals surface area contributed by atoms with Crippen LogP contribution in [0.3, 0.4) is 0 Å². The first-order valence-corrected chi connectivity index (χ1v) is 14.1. The molecule has 190 valence electrons. The summed E-state index contributed by atoms with van der Waals surface area (Å²) in [5, 5.41) is 12.2. The molecule has 1 nitrogen and oxygen atoms in total. The van der Waals surface area contributed by atoms with Gasteiger partial charge in [-0.25, -0.2) is 0 Å². The number of furan rings is 1. The molecule has 41 heavy (non-hydrogen) atoms. The molecule has 9 aromatic rings. The molecule has 0 aliphatic carbocycles. The monoisotopic (exact) mass is 520 g/mol. The van der Waals surface area contributed by atoms with E-state index in [2.05, 4.69) is 146 Å². The second-order valence-electron chi connectivity index (χ2n) is 10.8. The molecule has 0 aliphatic rings. The van der Waals surface area contributed by atoms with Crippen LogP contribution in [0.4, 0.5) is 0 Å². The molecule has 0 atom stereocenters. The van der Waals surface area contributed by atoms with Gasteiger partial charge in [-0.3, -0.25) is 0 Å². The summed E-state index contributed by atoms with van der Waals surface area (Å²) in [6.07, 6.45) is 0. The van der Waals surface area contributed by atoms with Crippen LogP contribution in [-0.4, -0.2) is 0 Å². The lowest BCUT2D eigenvalue weighted by molar-refractivity contribution is 0.670. The molecule has 0 bridgehead atoms. The van der Waals surface area contributed by atoms with Gasteiger partial charge in [0.15, 0.2) is 0 Å². The third-order valence-corrected chi connectivity index (χ3v) is 8.62. The van der Waals surface area contributed by atoms with Gasteiger partial charge < -0.3 is 4.42 Å². The average molecular weight is 521 g/mol. The highest BCUT2D eigenvalue weighted by Crippen LogP contribution is 2.47. The maximum absolute atomic E-state index is 6.72. The minimum absolute atomic E-state index is 0.923. The van der Waals surface area contributed by atoms with Crippen molar-refractivity contribution in [1.82, 2.24) is 0 Å². The molecule has 0 amide bonds. The number of hydrogen-bond acceptors (Lipinski definition) is 1. The summed E-state index contributed by atoms with van der Waals surface area (Å²) in [4.78, 5) is 0. The van der Waals surface area contributed by atoms with Crippen molar-refractivity contribution in [3.8, 4) is 22.3 Å². The Hall–Kier alpha value is -5.40. The Balaban J connectivity index is 1.44. The maximum atomic E-state index is 6.72. The fraction of sp³-hybridized carbons (Fsp3) is 0. The quantitative estimate of drug-likeness (QED) is 0.207. The minimum atomic E-state index is 0.923. The smallest absolute Gasteiger partial charge is 0.143 e. The second-order valence-corrected chi connectivity index (χ2v) is 10.8. The third-order valence-electron chi connectivity index (χ3n) is 8.62. The number of para-hydroxylation sites is 1. The molecule has 0 saturated carbocycles. The van der Waals surface area contributed by atoms with E-state index in [-0.39, 0.29) is 0 Å². The van der Waals surface area contributed by atoms with Crippen LogP contribution in [0, 0.1) is 0 Å². The highest BCUT2D eigenvalue weighted by Gasteiger charge is 2.21. The SMILES string of the molecule is c1ccc2cc3c(cc2c1)oc1c(-c2c4ccccc4c(-c4cccc5ccccc45)c4ccccc24)cccc13. The molecule has 8 aromatic carbocycles. The van der Waals surface area contributed by atoms with Crippen molar-refractivity contribution < 1.29 is 4.42 Å². The fourth-order valence-corrected chi connectivity index (χ4v) is 6.83. The summed E-state index contributed by atoms with van der Waals surface area (Å²) >= 11 is 0. The van der Waals surface area contributed by atoms with Crippen LogP contribution >= 0.6 is 0 Å². The third kappa shape index (κ3) is 3.24. The Morgan fingerprint density at radius 2 is 0.780 bits per heavy atom. The van der Waals surface area contributed by atoms with E-state index in [0.29, 0.717) is 0 Å². The van der Waals surface area contributed by atoms with E-state index in [0.717, 1.165) is 27.5 Å². The van der Waals surface area contributed by atoms with Gasteiger partial charge in [0.25, 0.3) is 0 Å². The first-order valence-electron chi connectivity index (χ1n) is 14.1. The normalized spacial score (nSPS) is 11.9. The predicted molar refractivity (Wildman–Crippen MR) is 175 cm³/mol. The Bertz CT molecular complexity index is 2410. The molecule has 0 unspecified atom stereocenters. The lowest BCUT2D eigenvalue weighted by Gasteiger charge is -2.18. The van der Waals surface area contributed by atoms with Gasteiger partial charge in [-0.15, -0.1) is 0 Å². The molecule has 1 aromatic heterocycles. The molecule has 0 fully saturated rings. The summed E-state index contributed by atoms with van der Waals surface area (Å²) < 4.78 is 6.72. The number of benzene rings is 8. The molecule has 1 heterocycles. The van der Waals surface area contributed by atoms with Gasteiger partial charge in [0.2, 0.25) is 0 Å². The van der Waals surface area contributed by atoms with Gasteiger partial charge in [0.1, 0.15) is 11.2 Å². The predicted octanol–water partition coefficient (Wildman–Crippen LogP) is 11.5. The van der Waals surface area contributed by atoms with E-state index < -0.39 is 0 Å². The summed E-state index contributed by atoms with van der Waals surface area (Å²) in [6, 6.07) is 52.5. The van der Waals surface area contributed by atoms with Crippen LogP contribution in [0.25, 0.3) is 87.3 Å². The lowest BCUT2D eigenvalue weighted by atomic mass is 9.84. The summed E-state index contributed by atoms with van der Waals surface area (Å²) in [5.74, 6) is 0. The van der Waals surface area contributed by atoms with E-state index in [1.54, 1.807) is 0 Å². The molecule has 9 rings (SSSR count). The van der Waals surface area contributed by atoms with Crippen molar-refractivity contribution in [1.29, 1.82) is 0 Å². The molecule has 0 saturated heterocycles. The van der Waals surface area contributed by atoms with Crippen LogP contribution in [-0.2, 0) is 0 Å². The second kappa shape index (κ2) is 8.55. The van der Waals surface area contributed by atoms with E-state index in [9.17, 15) is 0 Å². The Kier molecular flexibility index (Phi) is 4.67. The summed E-state index contributed by atoms with van der Waals surface area (Å²) in [7, 11) is 0. The van der Waals surface area contributed by atoms with Crippen molar-refractivity contribution >= 4 is 65.0 Å². The lowest BCUT2D eigenvalue weighted by Crippen LogP contribution is -1.91. The van der Waals surface area contributed by atoms with E-state index in [1.165, 1.54) is 59.8 Å². The zero-order chi connectivity index (χ0) is 26.9. The molecule has 0 radical (unpaired) electrons. The Morgan fingerprint density at radius 1 is 0.317 bits per heavy atom.